The van der Waals surface area contributed by atoms with Crippen molar-refractivity contribution in [2.45, 2.75) is 32.2 Å². The van der Waals surface area contributed by atoms with Gasteiger partial charge in [0.1, 0.15) is 0 Å². The van der Waals surface area contributed by atoms with Crippen molar-refractivity contribution in [2.24, 2.45) is 0 Å². The number of nitrogens with one attached hydrogen (secondary N) is 2. The molecule has 0 radical (unpaired) electrons. The fourth-order valence-corrected chi connectivity index (χ4v) is 1.79. The van der Waals surface area contributed by atoms with Gasteiger partial charge in [-0.25, -0.2) is 0 Å². The van der Waals surface area contributed by atoms with Crippen LogP contribution < -0.4 is 10.6 Å². The maximum Gasteiger partial charge on any atom is 0.220 e. The Balaban J connectivity index is 2.25. The summed E-state index contributed by atoms with van der Waals surface area (Å²) in [6, 6.07) is 10.4. The minimum absolute atomic E-state index is 0.142. The van der Waals surface area contributed by atoms with Gasteiger partial charge in [-0.2, -0.15) is 0 Å². The summed E-state index contributed by atoms with van der Waals surface area (Å²) in [5, 5.41) is 6.06. The molecule has 1 aromatic rings. The largest absolute Gasteiger partial charge is 0.353 e. The molecule has 1 atom stereocenters. The van der Waals surface area contributed by atoms with Gasteiger partial charge < -0.3 is 10.6 Å². The number of carbonyl (C=O) groups is 1. The minimum Gasteiger partial charge on any atom is -0.353 e. The van der Waals surface area contributed by atoms with Crippen LogP contribution in [0, 0.1) is 0 Å². The third kappa shape index (κ3) is 6.07. The first kappa shape index (κ1) is 13.7. The van der Waals surface area contributed by atoms with Crippen LogP contribution >= 0.6 is 0 Å². The van der Waals surface area contributed by atoms with Gasteiger partial charge in [0.25, 0.3) is 0 Å². The molecular weight excluding hydrogens is 212 g/mol. The van der Waals surface area contributed by atoms with Crippen LogP contribution in [0.2, 0.25) is 0 Å². The van der Waals surface area contributed by atoms with Crippen LogP contribution in [0.1, 0.15) is 25.3 Å². The monoisotopic (exact) mass is 234 g/mol. The summed E-state index contributed by atoms with van der Waals surface area (Å²) in [7, 11) is 1.90. The molecule has 94 valence electrons. The zero-order valence-corrected chi connectivity index (χ0v) is 10.7. The average molecular weight is 234 g/mol. The Morgan fingerprint density at radius 3 is 2.65 bits per heavy atom. The summed E-state index contributed by atoms with van der Waals surface area (Å²) in [4.78, 5) is 11.6. The highest BCUT2D eigenvalue weighted by atomic mass is 16.1. The molecule has 0 saturated heterocycles. The summed E-state index contributed by atoms with van der Waals surface area (Å²) in [6.45, 7) is 2.93. The standard InChI is InChI=1S/C14H22N2O/c1-12(11-13-7-4-3-5-8-13)16-14(17)9-6-10-15-2/h3-5,7-8,12,15H,6,9-11H2,1-2H3,(H,16,17). The molecule has 0 aromatic heterocycles. The lowest BCUT2D eigenvalue weighted by Gasteiger charge is -2.13. The van der Waals surface area contributed by atoms with Crippen molar-refractivity contribution >= 4 is 5.91 Å². The van der Waals surface area contributed by atoms with Crippen molar-refractivity contribution in [3.05, 3.63) is 35.9 Å². The summed E-state index contributed by atoms with van der Waals surface area (Å²) >= 11 is 0. The van der Waals surface area contributed by atoms with Crippen LogP contribution in [0.3, 0.4) is 0 Å². The molecule has 2 N–H and O–H groups in total. The molecule has 0 aliphatic rings. The molecule has 0 heterocycles. The molecule has 0 bridgehead atoms. The normalized spacial score (nSPS) is 12.1. The minimum atomic E-state index is 0.142. The number of amides is 1. The Bertz CT molecular complexity index is 324. The third-order valence-corrected chi connectivity index (χ3v) is 2.62. The molecule has 0 aliphatic carbocycles. The first-order valence-electron chi connectivity index (χ1n) is 6.20. The third-order valence-electron chi connectivity index (χ3n) is 2.62. The van der Waals surface area contributed by atoms with Crippen LogP contribution in [0.4, 0.5) is 0 Å². The second kappa shape index (κ2) is 7.85. The number of benzene rings is 1. The fourth-order valence-electron chi connectivity index (χ4n) is 1.79. The molecule has 17 heavy (non-hydrogen) atoms. The van der Waals surface area contributed by atoms with Crippen molar-refractivity contribution < 1.29 is 4.79 Å². The lowest BCUT2D eigenvalue weighted by Crippen LogP contribution is -2.34. The molecule has 0 saturated carbocycles. The van der Waals surface area contributed by atoms with Crippen LogP contribution in [-0.4, -0.2) is 25.5 Å². The first-order valence-corrected chi connectivity index (χ1v) is 6.20. The van der Waals surface area contributed by atoms with E-state index >= 15 is 0 Å². The Morgan fingerprint density at radius 1 is 1.29 bits per heavy atom. The van der Waals surface area contributed by atoms with E-state index in [1.165, 1.54) is 5.56 Å². The predicted octanol–water partition coefficient (Wildman–Crippen LogP) is 1.73. The second-order valence-corrected chi connectivity index (χ2v) is 4.37. The highest BCUT2D eigenvalue weighted by Gasteiger charge is 2.07. The summed E-state index contributed by atoms with van der Waals surface area (Å²) in [6.07, 6.45) is 2.37. The summed E-state index contributed by atoms with van der Waals surface area (Å²) < 4.78 is 0. The van der Waals surface area contributed by atoms with Crippen molar-refractivity contribution in [1.29, 1.82) is 0 Å². The van der Waals surface area contributed by atoms with E-state index in [1.54, 1.807) is 0 Å². The maximum absolute atomic E-state index is 11.6. The first-order chi connectivity index (χ1) is 8.22. The van der Waals surface area contributed by atoms with Gasteiger partial charge in [-0.15, -0.1) is 0 Å². The Kier molecular flexibility index (Phi) is 6.33. The number of hydrogen-bond donors (Lipinski definition) is 2. The molecule has 3 nitrogen and oxygen atoms in total. The number of hydrogen-bond acceptors (Lipinski definition) is 2. The van der Waals surface area contributed by atoms with E-state index in [1.807, 2.05) is 32.2 Å². The Labute approximate surface area is 104 Å². The van der Waals surface area contributed by atoms with Crippen LogP contribution in [-0.2, 0) is 11.2 Å². The van der Waals surface area contributed by atoms with E-state index < -0.39 is 0 Å². The smallest absolute Gasteiger partial charge is 0.220 e. The van der Waals surface area contributed by atoms with Gasteiger partial charge in [0.2, 0.25) is 5.91 Å². The van der Waals surface area contributed by atoms with Gasteiger partial charge in [-0.05, 0) is 38.9 Å². The fraction of sp³-hybridized carbons (Fsp3) is 0.500. The van der Waals surface area contributed by atoms with Gasteiger partial charge in [-0.1, -0.05) is 30.3 Å². The number of rotatable bonds is 7. The van der Waals surface area contributed by atoms with Gasteiger partial charge >= 0.3 is 0 Å². The maximum atomic E-state index is 11.6. The lowest BCUT2D eigenvalue weighted by atomic mass is 10.1. The molecule has 0 spiro atoms. The zero-order chi connectivity index (χ0) is 12.5. The summed E-state index contributed by atoms with van der Waals surface area (Å²) in [5.41, 5.74) is 1.26. The Morgan fingerprint density at radius 2 is 2.00 bits per heavy atom. The zero-order valence-electron chi connectivity index (χ0n) is 10.7. The van der Waals surface area contributed by atoms with Crippen molar-refractivity contribution in [3.8, 4) is 0 Å². The van der Waals surface area contributed by atoms with Crippen LogP contribution in [0.5, 0.6) is 0 Å². The van der Waals surface area contributed by atoms with Gasteiger partial charge in [0, 0.05) is 12.5 Å². The van der Waals surface area contributed by atoms with Gasteiger partial charge in [0.05, 0.1) is 0 Å². The molecule has 0 fully saturated rings. The summed E-state index contributed by atoms with van der Waals surface area (Å²) in [5.74, 6) is 0.142. The van der Waals surface area contributed by atoms with Gasteiger partial charge in [-0.3, -0.25) is 4.79 Å². The molecular formula is C14H22N2O. The molecule has 1 unspecified atom stereocenters. The molecule has 1 aromatic carbocycles. The highest BCUT2D eigenvalue weighted by Crippen LogP contribution is 2.03. The lowest BCUT2D eigenvalue weighted by molar-refractivity contribution is -0.121. The molecule has 1 rings (SSSR count). The molecule has 3 heteroatoms. The highest BCUT2D eigenvalue weighted by molar-refractivity contribution is 5.76. The van der Waals surface area contributed by atoms with Crippen molar-refractivity contribution in [1.82, 2.24) is 10.6 Å². The topological polar surface area (TPSA) is 41.1 Å². The van der Waals surface area contributed by atoms with E-state index in [9.17, 15) is 4.79 Å². The quantitative estimate of drug-likeness (QED) is 0.706. The molecule has 1 amide bonds. The van der Waals surface area contributed by atoms with E-state index in [2.05, 4.69) is 22.8 Å². The second-order valence-electron chi connectivity index (χ2n) is 4.37. The van der Waals surface area contributed by atoms with Crippen molar-refractivity contribution in [2.75, 3.05) is 13.6 Å². The van der Waals surface area contributed by atoms with Crippen LogP contribution in [0.15, 0.2) is 30.3 Å². The SMILES string of the molecule is CNCCCC(=O)NC(C)Cc1ccccc1. The Hall–Kier alpha value is -1.35. The van der Waals surface area contributed by atoms with Crippen LogP contribution in [0.25, 0.3) is 0 Å². The average Bonchev–Trinajstić information content (AvgIpc) is 2.30. The van der Waals surface area contributed by atoms with Gasteiger partial charge in [0.15, 0.2) is 0 Å². The van der Waals surface area contributed by atoms with Crippen molar-refractivity contribution in [3.63, 3.8) is 0 Å². The van der Waals surface area contributed by atoms with E-state index in [0.717, 1.165) is 19.4 Å². The number of carbonyl (C=O) groups excluding carboxylic acids is 1. The molecule has 0 aliphatic heterocycles. The van der Waals surface area contributed by atoms with E-state index in [-0.39, 0.29) is 11.9 Å². The van der Waals surface area contributed by atoms with E-state index in [0.29, 0.717) is 6.42 Å². The predicted molar refractivity (Wildman–Crippen MR) is 70.9 cm³/mol. The van der Waals surface area contributed by atoms with E-state index in [4.69, 9.17) is 0 Å².